The highest BCUT2D eigenvalue weighted by Gasteiger charge is 2.25. The van der Waals surface area contributed by atoms with Crippen molar-refractivity contribution in [3.63, 3.8) is 0 Å². The number of hydrogen-bond donors (Lipinski definition) is 1. The van der Waals surface area contributed by atoms with E-state index in [1.54, 1.807) is 28.0 Å². The summed E-state index contributed by atoms with van der Waals surface area (Å²) in [6, 6.07) is 5.22. The SMILES string of the molecule is COCC(=O)N1CCN(C(=O)c2ccc(Br)cc2N)CC1. The summed E-state index contributed by atoms with van der Waals surface area (Å²) >= 11 is 3.32. The van der Waals surface area contributed by atoms with Gasteiger partial charge >= 0.3 is 0 Å². The van der Waals surface area contributed by atoms with Crippen LogP contribution in [0, 0.1) is 0 Å². The number of rotatable bonds is 3. The molecular weight excluding hydrogens is 338 g/mol. The molecule has 0 unspecified atom stereocenters. The van der Waals surface area contributed by atoms with E-state index < -0.39 is 0 Å². The minimum atomic E-state index is -0.0983. The van der Waals surface area contributed by atoms with Gasteiger partial charge in [0.25, 0.3) is 5.91 Å². The molecule has 1 aromatic carbocycles. The highest BCUT2D eigenvalue weighted by molar-refractivity contribution is 9.10. The Balaban J connectivity index is 1.98. The third-order valence-corrected chi connectivity index (χ3v) is 3.92. The van der Waals surface area contributed by atoms with Crippen LogP contribution >= 0.6 is 15.9 Å². The number of ether oxygens (including phenoxy) is 1. The normalized spacial score (nSPS) is 15.1. The second-order valence-corrected chi connectivity index (χ2v) is 5.75. The number of carbonyl (C=O) groups is 2. The van der Waals surface area contributed by atoms with E-state index in [1.807, 2.05) is 0 Å². The van der Waals surface area contributed by atoms with Gasteiger partial charge in [-0.05, 0) is 18.2 Å². The quantitative estimate of drug-likeness (QED) is 0.819. The van der Waals surface area contributed by atoms with E-state index in [0.717, 1.165) is 4.47 Å². The van der Waals surface area contributed by atoms with Crippen LogP contribution in [-0.2, 0) is 9.53 Å². The van der Waals surface area contributed by atoms with Gasteiger partial charge in [0.2, 0.25) is 5.91 Å². The van der Waals surface area contributed by atoms with Crippen LogP contribution in [0.3, 0.4) is 0 Å². The van der Waals surface area contributed by atoms with E-state index in [2.05, 4.69) is 15.9 Å². The first kappa shape index (κ1) is 15.8. The third kappa shape index (κ3) is 3.74. The molecule has 2 rings (SSSR count). The fourth-order valence-electron chi connectivity index (χ4n) is 2.27. The Morgan fingerprint density at radius 2 is 1.86 bits per heavy atom. The van der Waals surface area contributed by atoms with Gasteiger partial charge in [0.05, 0.1) is 5.56 Å². The van der Waals surface area contributed by atoms with Gasteiger partial charge in [-0.1, -0.05) is 15.9 Å². The Bertz CT molecular complexity index is 542. The molecule has 1 fully saturated rings. The van der Waals surface area contributed by atoms with E-state index in [-0.39, 0.29) is 18.4 Å². The molecule has 21 heavy (non-hydrogen) atoms. The fraction of sp³-hybridized carbons (Fsp3) is 0.429. The van der Waals surface area contributed by atoms with Crippen LogP contribution in [0.15, 0.2) is 22.7 Å². The van der Waals surface area contributed by atoms with Gasteiger partial charge in [0.15, 0.2) is 0 Å². The molecule has 1 saturated heterocycles. The lowest BCUT2D eigenvalue weighted by Gasteiger charge is -2.34. The Kier molecular flexibility index (Phi) is 5.19. The first-order chi connectivity index (χ1) is 10.0. The standard InChI is InChI=1S/C14H18BrN3O3/c1-21-9-13(19)17-4-6-18(7-5-17)14(20)11-3-2-10(15)8-12(11)16/h2-3,8H,4-7,9,16H2,1H3. The molecule has 0 saturated carbocycles. The van der Waals surface area contributed by atoms with Gasteiger partial charge in [0, 0.05) is 43.4 Å². The molecule has 0 bridgehead atoms. The topological polar surface area (TPSA) is 75.9 Å². The molecule has 1 heterocycles. The number of piperazine rings is 1. The molecular formula is C14H18BrN3O3. The number of carbonyl (C=O) groups excluding carboxylic acids is 2. The lowest BCUT2D eigenvalue weighted by atomic mass is 10.1. The average Bonchev–Trinajstić information content (AvgIpc) is 2.47. The summed E-state index contributed by atoms with van der Waals surface area (Å²) in [4.78, 5) is 27.6. The highest BCUT2D eigenvalue weighted by Crippen LogP contribution is 2.20. The van der Waals surface area contributed by atoms with E-state index in [1.165, 1.54) is 7.11 Å². The summed E-state index contributed by atoms with van der Waals surface area (Å²) in [7, 11) is 1.49. The van der Waals surface area contributed by atoms with E-state index >= 15 is 0 Å². The molecule has 1 aliphatic heterocycles. The van der Waals surface area contributed by atoms with Gasteiger partial charge in [-0.2, -0.15) is 0 Å². The largest absolute Gasteiger partial charge is 0.398 e. The number of hydrogen-bond acceptors (Lipinski definition) is 4. The number of amides is 2. The highest BCUT2D eigenvalue weighted by atomic mass is 79.9. The Morgan fingerprint density at radius 1 is 1.24 bits per heavy atom. The average molecular weight is 356 g/mol. The predicted octanol–water partition coefficient (Wildman–Crippen LogP) is 0.962. The third-order valence-electron chi connectivity index (χ3n) is 3.43. The van der Waals surface area contributed by atoms with Crippen molar-refractivity contribution in [1.29, 1.82) is 0 Å². The molecule has 6 nitrogen and oxygen atoms in total. The number of nitrogens with zero attached hydrogens (tertiary/aromatic N) is 2. The summed E-state index contributed by atoms with van der Waals surface area (Å²) in [5.74, 6) is -0.147. The maximum atomic E-state index is 12.4. The zero-order chi connectivity index (χ0) is 15.4. The molecule has 2 N–H and O–H groups in total. The van der Waals surface area contributed by atoms with E-state index in [9.17, 15) is 9.59 Å². The van der Waals surface area contributed by atoms with Gasteiger partial charge < -0.3 is 20.3 Å². The van der Waals surface area contributed by atoms with Crippen molar-refractivity contribution in [1.82, 2.24) is 9.80 Å². The fourth-order valence-corrected chi connectivity index (χ4v) is 2.65. The van der Waals surface area contributed by atoms with Crippen molar-refractivity contribution in [2.75, 3.05) is 45.6 Å². The van der Waals surface area contributed by atoms with Crippen molar-refractivity contribution in [2.45, 2.75) is 0 Å². The number of nitrogen functional groups attached to an aromatic ring is 1. The molecule has 0 radical (unpaired) electrons. The molecule has 1 aromatic rings. The van der Waals surface area contributed by atoms with Crippen molar-refractivity contribution in [2.24, 2.45) is 0 Å². The molecule has 0 spiro atoms. The first-order valence-electron chi connectivity index (χ1n) is 6.64. The van der Waals surface area contributed by atoms with Gasteiger partial charge in [-0.15, -0.1) is 0 Å². The Morgan fingerprint density at radius 3 is 2.43 bits per heavy atom. The van der Waals surface area contributed by atoms with Crippen molar-refractivity contribution in [3.8, 4) is 0 Å². The minimum absolute atomic E-state index is 0.0484. The number of benzene rings is 1. The molecule has 0 aromatic heterocycles. The molecule has 1 aliphatic rings. The van der Waals surface area contributed by atoms with Gasteiger partial charge in [0.1, 0.15) is 6.61 Å². The second kappa shape index (κ2) is 6.91. The minimum Gasteiger partial charge on any atom is -0.398 e. The number of anilines is 1. The van der Waals surface area contributed by atoms with E-state index in [0.29, 0.717) is 37.4 Å². The summed E-state index contributed by atoms with van der Waals surface area (Å²) in [6.45, 7) is 2.12. The zero-order valence-electron chi connectivity index (χ0n) is 11.8. The van der Waals surface area contributed by atoms with Crippen LogP contribution < -0.4 is 5.73 Å². The molecule has 114 valence electrons. The summed E-state index contributed by atoms with van der Waals surface area (Å²) < 4.78 is 5.67. The van der Waals surface area contributed by atoms with E-state index in [4.69, 9.17) is 10.5 Å². The molecule has 2 amide bonds. The lowest BCUT2D eigenvalue weighted by molar-refractivity contribution is -0.136. The number of methoxy groups -OCH3 is 1. The van der Waals surface area contributed by atoms with Crippen LogP contribution in [0.1, 0.15) is 10.4 Å². The maximum absolute atomic E-state index is 12.4. The zero-order valence-corrected chi connectivity index (χ0v) is 13.4. The summed E-state index contributed by atoms with van der Waals surface area (Å²) in [5.41, 5.74) is 6.83. The lowest BCUT2D eigenvalue weighted by Crippen LogP contribution is -2.51. The second-order valence-electron chi connectivity index (χ2n) is 4.84. The number of nitrogens with two attached hydrogens (primary N) is 1. The maximum Gasteiger partial charge on any atom is 0.256 e. The molecule has 0 aliphatic carbocycles. The van der Waals surface area contributed by atoms with Crippen LogP contribution in [0.25, 0.3) is 0 Å². The van der Waals surface area contributed by atoms with Crippen molar-refractivity contribution in [3.05, 3.63) is 28.2 Å². The van der Waals surface area contributed by atoms with Crippen molar-refractivity contribution >= 4 is 33.4 Å². The van der Waals surface area contributed by atoms with Crippen LogP contribution in [0.2, 0.25) is 0 Å². The van der Waals surface area contributed by atoms with Crippen LogP contribution in [0.5, 0.6) is 0 Å². The summed E-state index contributed by atoms with van der Waals surface area (Å²) in [6.07, 6.45) is 0. The smallest absolute Gasteiger partial charge is 0.256 e. The molecule has 7 heteroatoms. The molecule has 0 atom stereocenters. The first-order valence-corrected chi connectivity index (χ1v) is 7.43. The summed E-state index contributed by atoms with van der Waals surface area (Å²) in [5, 5.41) is 0. The number of halogens is 1. The van der Waals surface area contributed by atoms with Crippen LogP contribution in [-0.4, -0.2) is 61.5 Å². The Labute approximate surface area is 132 Å². The van der Waals surface area contributed by atoms with Crippen LogP contribution in [0.4, 0.5) is 5.69 Å². The predicted molar refractivity (Wildman–Crippen MR) is 82.9 cm³/mol. The Hall–Kier alpha value is -1.60. The monoisotopic (exact) mass is 355 g/mol. The van der Waals surface area contributed by atoms with Gasteiger partial charge in [-0.25, -0.2) is 0 Å². The van der Waals surface area contributed by atoms with Crippen molar-refractivity contribution < 1.29 is 14.3 Å². The van der Waals surface area contributed by atoms with Gasteiger partial charge in [-0.3, -0.25) is 9.59 Å².